The summed E-state index contributed by atoms with van der Waals surface area (Å²) in [5, 5.41) is 14.5. The molecule has 5 aromatic rings. The molecular weight excluding hydrogens is 594 g/mol. The maximum Gasteiger partial charge on any atom is 0.196 e. The molecule has 0 saturated heterocycles. The standard InChI is InChI=1S/C41H35N5O2/c1-2-10-26(11-3-1)27-20-22-28(23-21-27)37-44-38(29-12-8-14-31(24-29)40-42-33-16-4-6-18-35(33)47-40)46-39(45-37)30-13-9-15-32(25-30)41-43-34-17-5-7-19-36(34)48-41/h1-2,4-10,12-25,38-43,46H,3,11H2,(H,44,45). The van der Waals surface area contributed by atoms with Crippen LogP contribution in [0.1, 0.15) is 71.0 Å². The molecule has 7 heteroatoms. The summed E-state index contributed by atoms with van der Waals surface area (Å²) >= 11 is 0. The van der Waals surface area contributed by atoms with Gasteiger partial charge in [-0.05, 0) is 71.5 Å². The SMILES string of the molecule is C1=CCCC(c2ccc(C3=NC(c4cccc(C5Nc6ccccc6O5)c4)NC(c4cccc(C5Nc6ccccc6O5)c4)N3)cc2)=C1. The van der Waals surface area contributed by atoms with E-state index >= 15 is 0 Å². The minimum Gasteiger partial charge on any atom is -0.464 e. The molecule has 0 fully saturated rings. The number of nitrogens with zero attached hydrogens (tertiary/aromatic N) is 1. The number of nitrogens with one attached hydrogen (secondary N) is 4. The molecule has 0 bridgehead atoms. The molecule has 4 atom stereocenters. The summed E-state index contributed by atoms with van der Waals surface area (Å²) in [5.74, 6) is 2.57. The van der Waals surface area contributed by atoms with Crippen LogP contribution in [0, 0.1) is 0 Å². The van der Waals surface area contributed by atoms with Crippen molar-refractivity contribution in [2.75, 3.05) is 10.6 Å². The van der Waals surface area contributed by atoms with Crippen molar-refractivity contribution in [3.05, 3.63) is 173 Å². The molecule has 7 nitrogen and oxygen atoms in total. The first-order valence-corrected chi connectivity index (χ1v) is 16.5. The molecule has 236 valence electrons. The van der Waals surface area contributed by atoms with Gasteiger partial charge in [0.15, 0.2) is 12.5 Å². The zero-order valence-corrected chi connectivity index (χ0v) is 26.3. The smallest absolute Gasteiger partial charge is 0.196 e. The highest BCUT2D eigenvalue weighted by Gasteiger charge is 2.29. The van der Waals surface area contributed by atoms with E-state index in [9.17, 15) is 0 Å². The van der Waals surface area contributed by atoms with Crippen molar-refractivity contribution in [2.45, 2.75) is 37.6 Å². The summed E-state index contributed by atoms with van der Waals surface area (Å²) in [5.41, 5.74) is 9.91. The van der Waals surface area contributed by atoms with Crippen LogP contribution in [0.2, 0.25) is 0 Å². The number of anilines is 2. The van der Waals surface area contributed by atoms with E-state index in [1.54, 1.807) is 0 Å². The Labute approximate surface area is 280 Å². The molecule has 0 amide bonds. The molecule has 4 unspecified atom stereocenters. The van der Waals surface area contributed by atoms with E-state index in [2.05, 4.69) is 112 Å². The minimum absolute atomic E-state index is 0.203. The Morgan fingerprint density at radius 1 is 0.583 bits per heavy atom. The third kappa shape index (κ3) is 5.48. The van der Waals surface area contributed by atoms with Crippen LogP contribution in [0.4, 0.5) is 11.4 Å². The molecular formula is C41H35N5O2. The zero-order valence-electron chi connectivity index (χ0n) is 26.3. The first-order chi connectivity index (χ1) is 23.7. The number of amidine groups is 1. The Bertz CT molecular complexity index is 2040. The Balaban J connectivity index is 1.04. The number of rotatable bonds is 6. The highest BCUT2D eigenvalue weighted by molar-refractivity contribution is 5.99. The highest BCUT2D eigenvalue weighted by Crippen LogP contribution is 2.40. The van der Waals surface area contributed by atoms with Gasteiger partial charge in [-0.1, -0.05) is 103 Å². The van der Waals surface area contributed by atoms with Crippen LogP contribution in [0.3, 0.4) is 0 Å². The first-order valence-electron chi connectivity index (χ1n) is 16.5. The molecule has 9 rings (SSSR count). The van der Waals surface area contributed by atoms with Crippen molar-refractivity contribution in [3.63, 3.8) is 0 Å². The zero-order chi connectivity index (χ0) is 31.9. The number of hydrogen-bond acceptors (Lipinski definition) is 7. The quantitative estimate of drug-likeness (QED) is 0.150. The van der Waals surface area contributed by atoms with Gasteiger partial charge in [0.2, 0.25) is 0 Å². The lowest BCUT2D eigenvalue weighted by Crippen LogP contribution is -2.45. The third-order valence-electron chi connectivity index (χ3n) is 9.32. The Kier molecular flexibility index (Phi) is 7.17. The monoisotopic (exact) mass is 629 g/mol. The van der Waals surface area contributed by atoms with Gasteiger partial charge in [0.1, 0.15) is 29.7 Å². The second-order valence-corrected chi connectivity index (χ2v) is 12.5. The maximum atomic E-state index is 6.26. The summed E-state index contributed by atoms with van der Waals surface area (Å²) in [4.78, 5) is 5.24. The number of para-hydroxylation sites is 4. The van der Waals surface area contributed by atoms with Crippen molar-refractivity contribution < 1.29 is 9.47 Å². The number of allylic oxidation sites excluding steroid dienone is 4. The minimum atomic E-state index is -0.297. The summed E-state index contributed by atoms with van der Waals surface area (Å²) in [6, 6.07) is 41.9. The molecule has 4 N–H and O–H groups in total. The Morgan fingerprint density at radius 3 is 1.83 bits per heavy atom. The topological polar surface area (TPSA) is 78.9 Å². The number of fused-ring (bicyclic) bond motifs is 2. The van der Waals surface area contributed by atoms with Crippen molar-refractivity contribution in [3.8, 4) is 11.5 Å². The molecule has 0 saturated carbocycles. The summed E-state index contributed by atoms with van der Waals surface area (Å²) < 4.78 is 12.5. The average molecular weight is 630 g/mol. The van der Waals surface area contributed by atoms with Crippen LogP contribution in [-0.4, -0.2) is 5.84 Å². The van der Waals surface area contributed by atoms with E-state index in [1.807, 2.05) is 48.5 Å². The second kappa shape index (κ2) is 12.1. The highest BCUT2D eigenvalue weighted by atomic mass is 16.5. The van der Waals surface area contributed by atoms with E-state index in [0.717, 1.165) is 69.4 Å². The largest absolute Gasteiger partial charge is 0.464 e. The molecule has 3 heterocycles. The van der Waals surface area contributed by atoms with Crippen LogP contribution in [0.5, 0.6) is 11.5 Å². The van der Waals surface area contributed by atoms with Crippen LogP contribution < -0.4 is 30.7 Å². The van der Waals surface area contributed by atoms with Gasteiger partial charge in [-0.2, -0.15) is 0 Å². The van der Waals surface area contributed by atoms with Gasteiger partial charge in [0.25, 0.3) is 0 Å². The molecule has 0 radical (unpaired) electrons. The van der Waals surface area contributed by atoms with Crippen molar-refractivity contribution in [2.24, 2.45) is 4.99 Å². The normalized spacial score (nSPS) is 22.1. The Hall–Kier alpha value is -5.79. The van der Waals surface area contributed by atoms with E-state index < -0.39 is 0 Å². The fraction of sp³-hybridized carbons (Fsp3) is 0.146. The van der Waals surface area contributed by atoms with Gasteiger partial charge in [0, 0.05) is 16.7 Å². The lowest BCUT2D eigenvalue weighted by Gasteiger charge is -2.33. The van der Waals surface area contributed by atoms with E-state index in [-0.39, 0.29) is 24.8 Å². The average Bonchev–Trinajstić information content (AvgIpc) is 3.81. The van der Waals surface area contributed by atoms with Gasteiger partial charge in [-0.3, -0.25) is 5.32 Å². The molecule has 4 aliphatic rings. The maximum absolute atomic E-state index is 6.26. The van der Waals surface area contributed by atoms with Crippen LogP contribution >= 0.6 is 0 Å². The van der Waals surface area contributed by atoms with Crippen LogP contribution in [0.25, 0.3) is 5.57 Å². The summed E-state index contributed by atoms with van der Waals surface area (Å²) in [7, 11) is 0. The van der Waals surface area contributed by atoms with Gasteiger partial charge >= 0.3 is 0 Å². The van der Waals surface area contributed by atoms with E-state index in [0.29, 0.717) is 0 Å². The second-order valence-electron chi connectivity index (χ2n) is 12.5. The lowest BCUT2D eigenvalue weighted by molar-refractivity contribution is 0.259. The number of benzene rings is 5. The van der Waals surface area contributed by atoms with Gasteiger partial charge in [0.05, 0.1) is 11.4 Å². The van der Waals surface area contributed by atoms with Crippen molar-refractivity contribution in [1.82, 2.24) is 10.6 Å². The first kappa shape index (κ1) is 28.4. The number of ether oxygens (including phenoxy) is 2. The molecule has 0 aromatic heterocycles. The molecule has 48 heavy (non-hydrogen) atoms. The summed E-state index contributed by atoms with van der Waals surface area (Å²) in [6.45, 7) is 0. The van der Waals surface area contributed by atoms with E-state index in [4.69, 9.17) is 14.5 Å². The van der Waals surface area contributed by atoms with E-state index in [1.165, 1.54) is 11.1 Å². The van der Waals surface area contributed by atoms with Gasteiger partial charge < -0.3 is 25.4 Å². The fourth-order valence-corrected chi connectivity index (χ4v) is 6.80. The Morgan fingerprint density at radius 2 is 1.19 bits per heavy atom. The number of hydrogen-bond donors (Lipinski definition) is 4. The van der Waals surface area contributed by atoms with Crippen molar-refractivity contribution >= 4 is 22.8 Å². The van der Waals surface area contributed by atoms with Crippen LogP contribution in [-0.2, 0) is 0 Å². The van der Waals surface area contributed by atoms with Gasteiger partial charge in [-0.15, -0.1) is 0 Å². The van der Waals surface area contributed by atoms with Crippen LogP contribution in [0.15, 0.2) is 145 Å². The molecule has 0 spiro atoms. The van der Waals surface area contributed by atoms with Crippen molar-refractivity contribution in [1.29, 1.82) is 0 Å². The lowest BCUT2D eigenvalue weighted by atomic mass is 9.96. The molecule has 5 aromatic carbocycles. The number of aliphatic imine (C=N–C) groups is 1. The van der Waals surface area contributed by atoms with Gasteiger partial charge in [-0.25, -0.2) is 4.99 Å². The predicted molar refractivity (Wildman–Crippen MR) is 191 cm³/mol. The molecule has 1 aliphatic carbocycles. The fourth-order valence-electron chi connectivity index (χ4n) is 6.80. The molecule has 3 aliphatic heterocycles. The summed E-state index contributed by atoms with van der Waals surface area (Å²) in [6.07, 6.45) is 7.70. The predicted octanol–water partition coefficient (Wildman–Crippen LogP) is 8.76. The third-order valence-corrected chi connectivity index (χ3v) is 9.32.